The number of hydrogen-bond donors (Lipinski definition) is 1. The van der Waals surface area contributed by atoms with Gasteiger partial charge in [0, 0.05) is 11.0 Å². The van der Waals surface area contributed by atoms with Crippen LogP contribution in [0, 0.1) is 5.41 Å². The van der Waals surface area contributed by atoms with Gasteiger partial charge in [0.25, 0.3) is 0 Å². The number of amides is 1. The van der Waals surface area contributed by atoms with Gasteiger partial charge in [0.2, 0.25) is 5.91 Å². The fourth-order valence-electron chi connectivity index (χ4n) is 1.69. The smallest absolute Gasteiger partial charge is 0.230 e. The van der Waals surface area contributed by atoms with Crippen molar-refractivity contribution in [2.75, 3.05) is 0 Å². The molecule has 2 rings (SSSR count). The first kappa shape index (κ1) is 15.0. The highest BCUT2D eigenvalue weighted by Crippen LogP contribution is 2.16. The third kappa shape index (κ3) is 4.28. The van der Waals surface area contributed by atoms with Crippen LogP contribution >= 0.6 is 0 Å². The highest BCUT2D eigenvalue weighted by atomic mass is 16.2. The monoisotopic (exact) mass is 280 g/mol. The molecule has 0 aromatic heterocycles. The molecule has 0 saturated carbocycles. The highest BCUT2D eigenvalue weighted by molar-refractivity contribution is 6.09. The summed E-state index contributed by atoms with van der Waals surface area (Å²) in [5.41, 5.74) is 1.23. The lowest BCUT2D eigenvalue weighted by Gasteiger charge is -2.19. The number of hydrogen-bond acceptors (Lipinski definition) is 2. The Labute approximate surface area is 125 Å². The van der Waals surface area contributed by atoms with E-state index >= 15 is 0 Å². The quantitative estimate of drug-likeness (QED) is 0.657. The second-order valence-corrected chi connectivity index (χ2v) is 5.87. The topological polar surface area (TPSA) is 41.5 Å². The Kier molecular flexibility index (Phi) is 4.53. The van der Waals surface area contributed by atoms with E-state index in [4.69, 9.17) is 0 Å². The van der Waals surface area contributed by atoms with Gasteiger partial charge < -0.3 is 5.32 Å². The van der Waals surface area contributed by atoms with E-state index in [0.29, 0.717) is 5.84 Å². The zero-order valence-corrected chi connectivity index (χ0v) is 12.6. The summed E-state index contributed by atoms with van der Waals surface area (Å²) in [4.78, 5) is 16.8. The third-order valence-corrected chi connectivity index (χ3v) is 2.96. The Hall–Kier alpha value is -2.42. The number of nitrogens with zero attached hydrogens (tertiary/aromatic N) is 1. The van der Waals surface area contributed by atoms with Crippen LogP contribution in [0.4, 0.5) is 5.69 Å². The van der Waals surface area contributed by atoms with Crippen molar-refractivity contribution in [3.05, 3.63) is 66.2 Å². The first-order valence-electron chi connectivity index (χ1n) is 6.97. The summed E-state index contributed by atoms with van der Waals surface area (Å²) >= 11 is 0. The lowest BCUT2D eigenvalue weighted by atomic mass is 9.95. The molecule has 1 N–H and O–H groups in total. The van der Waals surface area contributed by atoms with Gasteiger partial charge in [-0.2, -0.15) is 0 Å². The van der Waals surface area contributed by atoms with Crippen LogP contribution in [0.3, 0.4) is 0 Å². The number of benzene rings is 2. The largest absolute Gasteiger partial charge is 0.310 e. The van der Waals surface area contributed by atoms with Gasteiger partial charge in [-0.25, -0.2) is 4.99 Å². The van der Waals surface area contributed by atoms with E-state index in [2.05, 4.69) is 10.3 Å². The maximum atomic E-state index is 12.2. The maximum Gasteiger partial charge on any atom is 0.230 e. The van der Waals surface area contributed by atoms with Crippen molar-refractivity contribution >= 4 is 17.4 Å². The van der Waals surface area contributed by atoms with Crippen molar-refractivity contribution < 1.29 is 4.79 Å². The zero-order valence-electron chi connectivity index (χ0n) is 12.6. The molecule has 0 radical (unpaired) electrons. The van der Waals surface area contributed by atoms with Crippen molar-refractivity contribution in [3.63, 3.8) is 0 Å². The minimum absolute atomic E-state index is 0.0546. The van der Waals surface area contributed by atoms with Crippen LogP contribution in [0.5, 0.6) is 0 Å². The number of carbonyl (C=O) groups is 1. The second-order valence-electron chi connectivity index (χ2n) is 5.87. The van der Waals surface area contributed by atoms with Gasteiger partial charge >= 0.3 is 0 Å². The molecule has 2 aromatic rings. The Bertz CT molecular complexity index is 625. The summed E-state index contributed by atoms with van der Waals surface area (Å²) in [5, 5.41) is 2.93. The van der Waals surface area contributed by atoms with Gasteiger partial charge in [-0.15, -0.1) is 0 Å². The van der Waals surface area contributed by atoms with Crippen LogP contribution in [0.25, 0.3) is 0 Å². The minimum atomic E-state index is -0.466. The van der Waals surface area contributed by atoms with Crippen molar-refractivity contribution in [1.29, 1.82) is 0 Å². The van der Waals surface area contributed by atoms with Gasteiger partial charge in [-0.3, -0.25) is 4.79 Å². The van der Waals surface area contributed by atoms with Gasteiger partial charge in [-0.05, 0) is 12.1 Å². The average molecular weight is 280 g/mol. The van der Waals surface area contributed by atoms with E-state index in [9.17, 15) is 4.79 Å². The van der Waals surface area contributed by atoms with Crippen molar-refractivity contribution in [3.8, 4) is 0 Å². The van der Waals surface area contributed by atoms with Gasteiger partial charge in [0.05, 0.1) is 5.69 Å². The van der Waals surface area contributed by atoms with E-state index < -0.39 is 5.41 Å². The Morgan fingerprint density at radius 1 is 0.905 bits per heavy atom. The number of rotatable bonds is 2. The van der Waals surface area contributed by atoms with Crippen molar-refractivity contribution in [2.45, 2.75) is 20.8 Å². The van der Waals surface area contributed by atoms with Crippen LogP contribution in [0.15, 0.2) is 65.7 Å². The molecule has 0 heterocycles. The summed E-state index contributed by atoms with van der Waals surface area (Å²) in [7, 11) is 0. The van der Waals surface area contributed by atoms with E-state index in [1.165, 1.54) is 0 Å². The minimum Gasteiger partial charge on any atom is -0.310 e. The zero-order chi connectivity index (χ0) is 15.3. The molecule has 3 nitrogen and oxygen atoms in total. The molecular weight excluding hydrogens is 260 g/mol. The highest BCUT2D eigenvalue weighted by Gasteiger charge is 2.22. The first-order chi connectivity index (χ1) is 9.97. The summed E-state index contributed by atoms with van der Waals surface area (Å²) in [6.07, 6.45) is 0. The molecule has 0 fully saturated rings. The van der Waals surface area contributed by atoms with Crippen molar-refractivity contribution in [1.82, 2.24) is 5.32 Å². The fraction of sp³-hybridized carbons (Fsp3) is 0.222. The van der Waals surface area contributed by atoms with E-state index in [1.54, 1.807) is 0 Å². The molecule has 2 aromatic carbocycles. The summed E-state index contributed by atoms with van der Waals surface area (Å²) in [5.74, 6) is 0.516. The van der Waals surface area contributed by atoms with E-state index in [1.807, 2.05) is 81.4 Å². The number of carbonyl (C=O) groups excluding carboxylic acids is 1. The van der Waals surface area contributed by atoms with E-state index in [-0.39, 0.29) is 5.91 Å². The van der Waals surface area contributed by atoms with E-state index in [0.717, 1.165) is 11.3 Å². The molecule has 0 bridgehead atoms. The van der Waals surface area contributed by atoms with Crippen LogP contribution in [-0.2, 0) is 4.79 Å². The van der Waals surface area contributed by atoms with Crippen LogP contribution in [0.1, 0.15) is 26.3 Å². The predicted octanol–water partition coefficient (Wildman–Crippen LogP) is 3.93. The second kappa shape index (κ2) is 6.35. The fourth-order valence-corrected chi connectivity index (χ4v) is 1.69. The lowest BCUT2D eigenvalue weighted by Crippen LogP contribution is -2.39. The molecule has 0 unspecified atom stereocenters. The predicted molar refractivity (Wildman–Crippen MR) is 86.7 cm³/mol. The van der Waals surface area contributed by atoms with Crippen LogP contribution < -0.4 is 5.32 Å². The van der Waals surface area contributed by atoms with Crippen molar-refractivity contribution in [2.24, 2.45) is 10.4 Å². The van der Waals surface area contributed by atoms with Crippen LogP contribution in [-0.4, -0.2) is 11.7 Å². The SMILES string of the molecule is CC(C)(C)C(=O)NC(=Nc1ccccc1)c1ccccc1. The normalized spacial score (nSPS) is 12.0. The van der Waals surface area contributed by atoms with Gasteiger partial charge in [0.15, 0.2) is 0 Å². The molecule has 0 aliphatic heterocycles. The molecule has 1 amide bonds. The average Bonchev–Trinajstić information content (AvgIpc) is 2.47. The molecule has 108 valence electrons. The lowest BCUT2D eigenvalue weighted by molar-refractivity contribution is -0.126. The summed E-state index contributed by atoms with van der Waals surface area (Å²) in [6.45, 7) is 5.65. The Morgan fingerprint density at radius 3 is 1.95 bits per heavy atom. The number of amidine groups is 1. The summed E-state index contributed by atoms with van der Waals surface area (Å²) < 4.78 is 0. The first-order valence-corrected chi connectivity index (χ1v) is 6.97. The molecule has 21 heavy (non-hydrogen) atoms. The van der Waals surface area contributed by atoms with Gasteiger partial charge in [-0.1, -0.05) is 69.3 Å². The molecule has 0 atom stereocenters. The number of para-hydroxylation sites is 1. The number of aliphatic imine (C=N–C) groups is 1. The molecular formula is C18H20N2O. The summed E-state index contributed by atoms with van der Waals surface area (Å²) in [6, 6.07) is 19.3. The van der Waals surface area contributed by atoms with Gasteiger partial charge in [0.1, 0.15) is 5.84 Å². The van der Waals surface area contributed by atoms with Crippen LogP contribution in [0.2, 0.25) is 0 Å². The number of nitrogens with one attached hydrogen (secondary N) is 1. The standard InChI is InChI=1S/C18H20N2O/c1-18(2,3)17(21)20-16(14-10-6-4-7-11-14)19-15-12-8-5-9-13-15/h4-13H,1-3H3,(H,19,20,21). The molecule has 0 aliphatic rings. The molecule has 0 spiro atoms. The molecule has 0 saturated heterocycles. The molecule has 3 heteroatoms. The Balaban J connectivity index is 2.36. The molecule has 0 aliphatic carbocycles. The maximum absolute atomic E-state index is 12.2. The Morgan fingerprint density at radius 2 is 1.43 bits per heavy atom. The third-order valence-electron chi connectivity index (χ3n) is 2.96.